The Morgan fingerprint density at radius 2 is 1.47 bits per heavy atom. The third kappa shape index (κ3) is 9.62. The summed E-state index contributed by atoms with van der Waals surface area (Å²) in [4.78, 5) is 30.6. The van der Waals surface area contributed by atoms with Gasteiger partial charge in [0.15, 0.2) is 11.5 Å². The maximum atomic E-state index is 14.9. The Kier molecular flexibility index (Phi) is 12.7. The van der Waals surface area contributed by atoms with E-state index in [-0.39, 0.29) is 35.6 Å². The van der Waals surface area contributed by atoms with E-state index in [1.807, 2.05) is 62.4 Å². The first kappa shape index (κ1) is 37.7. The summed E-state index contributed by atoms with van der Waals surface area (Å²) in [5.74, 6) is -0.203. The highest BCUT2D eigenvalue weighted by Crippen LogP contribution is 2.33. The predicted molar refractivity (Wildman–Crippen MR) is 201 cm³/mol. The van der Waals surface area contributed by atoms with E-state index in [2.05, 4.69) is 5.32 Å². The van der Waals surface area contributed by atoms with Crippen LogP contribution >= 0.6 is 11.6 Å². The summed E-state index contributed by atoms with van der Waals surface area (Å²) in [7, 11) is -1.45. The number of sulfonamides is 1. The van der Waals surface area contributed by atoms with Gasteiger partial charge in [-0.05, 0) is 85.3 Å². The molecule has 2 amide bonds. The lowest BCUT2D eigenvalue weighted by molar-refractivity contribution is -0.140. The molecule has 11 heteroatoms. The number of amides is 2. The lowest BCUT2D eigenvalue weighted by Gasteiger charge is -2.35. The highest BCUT2D eigenvalue weighted by Gasteiger charge is 2.36. The lowest BCUT2D eigenvalue weighted by Crippen LogP contribution is -2.55. The molecule has 1 N–H and O–H groups in total. The summed E-state index contributed by atoms with van der Waals surface area (Å²) in [6.07, 6.45) is 5.17. The summed E-state index contributed by atoms with van der Waals surface area (Å²) in [6.45, 7) is 3.24. The van der Waals surface area contributed by atoms with Crippen molar-refractivity contribution in [2.75, 3.05) is 25.1 Å². The van der Waals surface area contributed by atoms with Crippen molar-refractivity contribution in [3.63, 3.8) is 0 Å². The molecule has 270 valence electrons. The van der Waals surface area contributed by atoms with Crippen LogP contribution in [0.4, 0.5) is 5.69 Å². The van der Waals surface area contributed by atoms with E-state index in [1.165, 1.54) is 37.3 Å². The zero-order valence-corrected chi connectivity index (χ0v) is 31.2. The van der Waals surface area contributed by atoms with Gasteiger partial charge in [-0.1, -0.05) is 79.4 Å². The Morgan fingerprint density at radius 1 is 0.824 bits per heavy atom. The molecule has 1 fully saturated rings. The Morgan fingerprint density at radius 3 is 2.10 bits per heavy atom. The molecule has 1 saturated carbocycles. The Balaban J connectivity index is 1.60. The van der Waals surface area contributed by atoms with Gasteiger partial charge < -0.3 is 19.7 Å². The number of aryl methyl sites for hydroxylation is 2. The first-order valence-electron chi connectivity index (χ1n) is 17.2. The summed E-state index contributed by atoms with van der Waals surface area (Å²) < 4.78 is 41.1. The molecule has 0 bridgehead atoms. The highest BCUT2D eigenvalue weighted by atomic mass is 35.5. The molecule has 4 aromatic carbocycles. The molecular formula is C40H46ClN3O6S. The van der Waals surface area contributed by atoms with Crippen LogP contribution in [0.5, 0.6) is 11.5 Å². The fraction of sp³-hybridized carbons (Fsp3) is 0.350. The monoisotopic (exact) mass is 731 g/mol. The van der Waals surface area contributed by atoms with Crippen LogP contribution in [-0.2, 0) is 32.6 Å². The fourth-order valence-corrected chi connectivity index (χ4v) is 8.15. The van der Waals surface area contributed by atoms with Crippen LogP contribution in [0.1, 0.15) is 54.4 Å². The molecule has 0 spiro atoms. The number of benzene rings is 4. The molecule has 5 rings (SSSR count). The number of ether oxygens (including phenoxy) is 2. The first-order valence-corrected chi connectivity index (χ1v) is 19.0. The molecule has 0 saturated heterocycles. The Hall–Kier alpha value is -4.54. The molecular weight excluding hydrogens is 686 g/mol. The second kappa shape index (κ2) is 17.1. The average Bonchev–Trinajstić information content (AvgIpc) is 3.12. The van der Waals surface area contributed by atoms with Gasteiger partial charge >= 0.3 is 0 Å². The van der Waals surface area contributed by atoms with Crippen molar-refractivity contribution in [2.45, 2.75) is 75.9 Å². The van der Waals surface area contributed by atoms with Crippen LogP contribution in [0, 0.1) is 13.8 Å². The maximum absolute atomic E-state index is 14.9. The lowest BCUT2D eigenvalue weighted by atomic mass is 9.94. The largest absolute Gasteiger partial charge is 0.493 e. The van der Waals surface area contributed by atoms with Crippen molar-refractivity contribution in [2.24, 2.45) is 0 Å². The van der Waals surface area contributed by atoms with E-state index >= 15 is 0 Å². The summed E-state index contributed by atoms with van der Waals surface area (Å²) in [5, 5.41) is 3.77. The molecule has 51 heavy (non-hydrogen) atoms. The molecule has 1 atom stereocenters. The van der Waals surface area contributed by atoms with Gasteiger partial charge in [0, 0.05) is 30.1 Å². The van der Waals surface area contributed by atoms with Gasteiger partial charge in [-0.2, -0.15) is 0 Å². The quantitative estimate of drug-likeness (QED) is 0.147. The topological polar surface area (TPSA) is 105 Å². The van der Waals surface area contributed by atoms with Gasteiger partial charge in [0.05, 0.1) is 24.8 Å². The van der Waals surface area contributed by atoms with Gasteiger partial charge in [-0.25, -0.2) is 8.42 Å². The van der Waals surface area contributed by atoms with E-state index < -0.39 is 28.5 Å². The number of carbonyl (C=O) groups is 2. The van der Waals surface area contributed by atoms with Crippen molar-refractivity contribution in [1.82, 2.24) is 10.2 Å². The highest BCUT2D eigenvalue weighted by molar-refractivity contribution is 7.92. The average molecular weight is 732 g/mol. The van der Waals surface area contributed by atoms with E-state index in [1.54, 1.807) is 24.3 Å². The van der Waals surface area contributed by atoms with Crippen LogP contribution in [0.25, 0.3) is 0 Å². The number of nitrogens with one attached hydrogen (secondary N) is 1. The maximum Gasteiger partial charge on any atom is 0.264 e. The molecule has 4 aromatic rings. The van der Waals surface area contributed by atoms with Gasteiger partial charge in [-0.15, -0.1) is 0 Å². The molecule has 9 nitrogen and oxygen atoms in total. The van der Waals surface area contributed by atoms with Crippen LogP contribution in [-0.4, -0.2) is 58.0 Å². The van der Waals surface area contributed by atoms with E-state index in [4.69, 9.17) is 21.1 Å². The molecule has 0 heterocycles. The van der Waals surface area contributed by atoms with Gasteiger partial charge in [-0.3, -0.25) is 13.9 Å². The van der Waals surface area contributed by atoms with Gasteiger partial charge in [0.25, 0.3) is 10.0 Å². The van der Waals surface area contributed by atoms with Crippen molar-refractivity contribution in [1.29, 1.82) is 0 Å². The number of rotatable bonds is 14. The minimum atomic E-state index is -4.35. The molecule has 1 aliphatic rings. The third-order valence-corrected chi connectivity index (χ3v) is 11.2. The number of methoxy groups -OCH3 is 2. The van der Waals surface area contributed by atoms with Crippen LogP contribution in [0.15, 0.2) is 95.9 Å². The Labute approximate surface area is 306 Å². The van der Waals surface area contributed by atoms with Gasteiger partial charge in [0.2, 0.25) is 11.8 Å². The number of halogens is 1. The molecule has 1 aliphatic carbocycles. The predicted octanol–water partition coefficient (Wildman–Crippen LogP) is 7.26. The van der Waals surface area contributed by atoms with Gasteiger partial charge in [0.1, 0.15) is 12.6 Å². The molecule has 0 unspecified atom stereocenters. The number of carbonyl (C=O) groups excluding carboxylic acids is 2. The van der Waals surface area contributed by atoms with Crippen molar-refractivity contribution < 1.29 is 27.5 Å². The number of nitrogens with zero attached hydrogens (tertiary/aromatic N) is 2. The van der Waals surface area contributed by atoms with E-state index in [0.717, 1.165) is 58.7 Å². The normalized spacial score (nSPS) is 14.0. The van der Waals surface area contributed by atoms with E-state index in [0.29, 0.717) is 16.5 Å². The van der Waals surface area contributed by atoms with Crippen LogP contribution < -0.4 is 19.1 Å². The Bertz CT molecular complexity index is 1890. The smallest absolute Gasteiger partial charge is 0.264 e. The summed E-state index contributed by atoms with van der Waals surface area (Å²) in [6, 6.07) is 25.4. The zero-order valence-electron chi connectivity index (χ0n) is 29.6. The zero-order chi connectivity index (χ0) is 36.5. The SMILES string of the molecule is COc1ccc(S(=O)(=O)N(CC(=O)N(Cc2ccc(Cl)cc2)[C@H](Cc2ccccc2)C(=O)NC2CCCCC2)c2cc(C)cc(C)c2)cc1OC. The fourth-order valence-electron chi connectivity index (χ4n) is 6.61. The summed E-state index contributed by atoms with van der Waals surface area (Å²) >= 11 is 6.22. The second-order valence-electron chi connectivity index (χ2n) is 13.1. The second-order valence-corrected chi connectivity index (χ2v) is 15.4. The molecule has 0 radical (unpaired) electrons. The molecule has 0 aromatic heterocycles. The number of anilines is 1. The number of hydrogen-bond donors (Lipinski definition) is 1. The summed E-state index contributed by atoms with van der Waals surface area (Å²) in [5.41, 5.74) is 3.61. The standard InChI is InChI=1S/C40H46ClN3O6S/c1-28-21-29(2)23-34(22-28)44(51(47,48)35-19-20-37(49-3)38(25-35)50-4)27-39(45)43(26-31-15-17-32(41)18-16-31)36(24-30-11-7-5-8-12-30)40(46)42-33-13-9-6-10-14-33/h5,7-8,11-12,15-23,25,33,36H,6,9-10,13-14,24,26-27H2,1-4H3,(H,42,46)/t36-/m1/s1. The van der Waals surface area contributed by atoms with Crippen LogP contribution in [0.3, 0.4) is 0 Å². The third-order valence-electron chi connectivity index (χ3n) is 9.21. The minimum absolute atomic E-state index is 0.00852. The van der Waals surface area contributed by atoms with Crippen LogP contribution in [0.2, 0.25) is 5.02 Å². The number of hydrogen-bond acceptors (Lipinski definition) is 6. The van der Waals surface area contributed by atoms with Crippen molar-refractivity contribution in [3.05, 3.63) is 118 Å². The van der Waals surface area contributed by atoms with Crippen molar-refractivity contribution in [3.8, 4) is 11.5 Å². The molecule has 0 aliphatic heterocycles. The minimum Gasteiger partial charge on any atom is -0.493 e. The van der Waals surface area contributed by atoms with E-state index in [9.17, 15) is 18.0 Å². The van der Waals surface area contributed by atoms with Crippen molar-refractivity contribution >= 4 is 39.1 Å². The first-order chi connectivity index (χ1) is 24.5.